The molecule has 2 heterocycles. The Labute approximate surface area is 147 Å². The Bertz CT molecular complexity index is 901. The number of hydrogen-bond acceptors (Lipinski definition) is 4. The number of carbonyl (C=O) groups is 1. The van der Waals surface area contributed by atoms with Crippen LogP contribution in [0.25, 0.3) is 22.4 Å². The smallest absolute Gasteiger partial charge is 0.216 e. The molecule has 0 radical (unpaired) electrons. The van der Waals surface area contributed by atoms with E-state index in [1.807, 2.05) is 44.2 Å². The van der Waals surface area contributed by atoms with E-state index < -0.39 is 0 Å². The van der Waals surface area contributed by atoms with E-state index in [1.165, 1.54) is 6.92 Å². The van der Waals surface area contributed by atoms with Crippen molar-refractivity contribution in [3.63, 3.8) is 0 Å². The maximum atomic E-state index is 11.1. The van der Waals surface area contributed by atoms with Crippen LogP contribution in [0.15, 0.2) is 30.3 Å². The summed E-state index contributed by atoms with van der Waals surface area (Å²) < 4.78 is 0. The molecule has 0 aliphatic carbocycles. The molecule has 2 aromatic heterocycles. The summed E-state index contributed by atoms with van der Waals surface area (Å²) in [6.45, 7) is 8.15. The molecule has 1 unspecified atom stereocenters. The second kappa shape index (κ2) is 6.93. The third-order valence-corrected chi connectivity index (χ3v) is 4.22. The molecule has 1 amide bonds. The first-order valence-corrected chi connectivity index (χ1v) is 8.39. The SMILES string of the molecule is CC(=O)NCC(C)Nc1nc(-c2ccccc2)nc2[nH]c(C)c(C)c12. The first-order valence-electron chi connectivity index (χ1n) is 8.39. The number of nitrogens with zero attached hydrogens (tertiary/aromatic N) is 2. The monoisotopic (exact) mass is 337 g/mol. The Kier molecular flexibility index (Phi) is 4.70. The minimum atomic E-state index is -0.0415. The molecule has 0 aliphatic rings. The maximum Gasteiger partial charge on any atom is 0.216 e. The van der Waals surface area contributed by atoms with Crippen molar-refractivity contribution in [2.75, 3.05) is 11.9 Å². The van der Waals surface area contributed by atoms with Crippen LogP contribution in [-0.4, -0.2) is 33.4 Å². The summed E-state index contributed by atoms with van der Waals surface area (Å²) in [5.41, 5.74) is 3.99. The van der Waals surface area contributed by atoms with E-state index in [-0.39, 0.29) is 11.9 Å². The van der Waals surface area contributed by atoms with Crippen molar-refractivity contribution < 1.29 is 4.79 Å². The van der Waals surface area contributed by atoms with Gasteiger partial charge in [0, 0.05) is 30.8 Å². The summed E-state index contributed by atoms with van der Waals surface area (Å²) in [4.78, 5) is 23.9. The highest BCUT2D eigenvalue weighted by molar-refractivity contribution is 5.92. The third kappa shape index (κ3) is 3.63. The molecule has 6 heteroatoms. The summed E-state index contributed by atoms with van der Waals surface area (Å²) in [6.07, 6.45) is 0. The molecule has 1 aromatic carbocycles. The topological polar surface area (TPSA) is 82.7 Å². The zero-order chi connectivity index (χ0) is 18.0. The molecule has 0 fully saturated rings. The molecule has 3 rings (SSSR count). The summed E-state index contributed by atoms with van der Waals surface area (Å²) in [5.74, 6) is 1.41. The fourth-order valence-corrected chi connectivity index (χ4v) is 2.77. The van der Waals surface area contributed by atoms with Crippen molar-refractivity contribution in [1.29, 1.82) is 0 Å². The predicted octanol–water partition coefficient (Wildman–Crippen LogP) is 3.18. The van der Waals surface area contributed by atoms with Crippen LogP contribution in [0.4, 0.5) is 5.82 Å². The van der Waals surface area contributed by atoms with E-state index in [0.29, 0.717) is 12.4 Å². The highest BCUT2D eigenvalue weighted by Crippen LogP contribution is 2.29. The lowest BCUT2D eigenvalue weighted by Crippen LogP contribution is -2.33. The molecule has 0 saturated carbocycles. The first kappa shape index (κ1) is 17.0. The predicted molar refractivity (Wildman–Crippen MR) is 101 cm³/mol. The number of rotatable bonds is 5. The van der Waals surface area contributed by atoms with Gasteiger partial charge in [0.05, 0.1) is 5.39 Å². The molecule has 3 aromatic rings. The molecule has 3 N–H and O–H groups in total. The number of fused-ring (bicyclic) bond motifs is 1. The van der Waals surface area contributed by atoms with Crippen LogP contribution in [0, 0.1) is 13.8 Å². The van der Waals surface area contributed by atoms with E-state index in [4.69, 9.17) is 9.97 Å². The van der Waals surface area contributed by atoms with Gasteiger partial charge >= 0.3 is 0 Å². The van der Waals surface area contributed by atoms with E-state index in [9.17, 15) is 4.79 Å². The average Bonchev–Trinajstić information content (AvgIpc) is 2.88. The van der Waals surface area contributed by atoms with Gasteiger partial charge in [-0.1, -0.05) is 30.3 Å². The fourth-order valence-electron chi connectivity index (χ4n) is 2.77. The summed E-state index contributed by atoms with van der Waals surface area (Å²) in [5, 5.41) is 7.24. The van der Waals surface area contributed by atoms with Crippen LogP contribution < -0.4 is 10.6 Å². The van der Waals surface area contributed by atoms with Crippen LogP contribution in [0.3, 0.4) is 0 Å². The number of anilines is 1. The van der Waals surface area contributed by atoms with Gasteiger partial charge in [0.2, 0.25) is 5.91 Å². The Hall–Kier alpha value is -2.89. The van der Waals surface area contributed by atoms with Crippen LogP contribution in [-0.2, 0) is 4.79 Å². The van der Waals surface area contributed by atoms with Gasteiger partial charge in [0.25, 0.3) is 0 Å². The van der Waals surface area contributed by atoms with Crippen LogP contribution in [0.2, 0.25) is 0 Å². The number of hydrogen-bond donors (Lipinski definition) is 3. The van der Waals surface area contributed by atoms with Crippen molar-refractivity contribution in [2.24, 2.45) is 0 Å². The molecule has 0 spiro atoms. The van der Waals surface area contributed by atoms with Gasteiger partial charge < -0.3 is 15.6 Å². The van der Waals surface area contributed by atoms with Crippen molar-refractivity contribution in [3.05, 3.63) is 41.6 Å². The number of H-pyrrole nitrogens is 1. The van der Waals surface area contributed by atoms with Crippen LogP contribution >= 0.6 is 0 Å². The number of aromatic nitrogens is 3. The molecule has 25 heavy (non-hydrogen) atoms. The lowest BCUT2D eigenvalue weighted by atomic mass is 10.1. The number of aryl methyl sites for hydroxylation is 2. The van der Waals surface area contributed by atoms with Gasteiger partial charge in [0.15, 0.2) is 5.82 Å². The second-order valence-corrected chi connectivity index (χ2v) is 6.34. The maximum absolute atomic E-state index is 11.1. The normalized spacial score (nSPS) is 12.2. The van der Waals surface area contributed by atoms with E-state index >= 15 is 0 Å². The van der Waals surface area contributed by atoms with Gasteiger partial charge in [-0.2, -0.15) is 0 Å². The molecule has 0 bridgehead atoms. The second-order valence-electron chi connectivity index (χ2n) is 6.34. The standard InChI is InChI=1S/C19H23N5O/c1-11(10-20-14(4)25)21-18-16-12(2)13(3)22-19(16)24-17(23-18)15-8-6-5-7-9-15/h5-9,11H,10H2,1-4H3,(H,20,25)(H2,21,22,23,24). The third-order valence-electron chi connectivity index (χ3n) is 4.22. The Balaban J connectivity index is 2.03. The Morgan fingerprint density at radius 2 is 1.92 bits per heavy atom. The largest absolute Gasteiger partial charge is 0.365 e. The summed E-state index contributed by atoms with van der Waals surface area (Å²) >= 11 is 0. The highest BCUT2D eigenvalue weighted by Gasteiger charge is 2.16. The van der Waals surface area contributed by atoms with Crippen molar-refractivity contribution >= 4 is 22.8 Å². The Morgan fingerprint density at radius 3 is 2.60 bits per heavy atom. The molecule has 0 saturated heterocycles. The van der Waals surface area contributed by atoms with E-state index in [0.717, 1.165) is 33.7 Å². The van der Waals surface area contributed by atoms with Crippen molar-refractivity contribution in [2.45, 2.75) is 33.7 Å². The molecule has 1 atom stereocenters. The molecular formula is C19H23N5O. The summed E-state index contributed by atoms with van der Waals surface area (Å²) in [6, 6.07) is 9.95. The van der Waals surface area contributed by atoms with Gasteiger partial charge in [-0.15, -0.1) is 0 Å². The number of amides is 1. The van der Waals surface area contributed by atoms with Gasteiger partial charge in [-0.3, -0.25) is 4.79 Å². The number of carbonyl (C=O) groups excluding carboxylic acids is 1. The zero-order valence-electron chi connectivity index (χ0n) is 15.0. The number of nitrogens with one attached hydrogen (secondary N) is 3. The lowest BCUT2D eigenvalue weighted by Gasteiger charge is -2.16. The molecule has 130 valence electrons. The number of aromatic amines is 1. The summed E-state index contributed by atoms with van der Waals surface area (Å²) in [7, 11) is 0. The minimum absolute atomic E-state index is 0.0415. The van der Waals surface area contributed by atoms with Crippen LogP contribution in [0.1, 0.15) is 25.1 Å². The van der Waals surface area contributed by atoms with E-state index in [2.05, 4.69) is 22.5 Å². The van der Waals surface area contributed by atoms with Gasteiger partial charge in [-0.25, -0.2) is 9.97 Å². The van der Waals surface area contributed by atoms with Crippen molar-refractivity contribution in [1.82, 2.24) is 20.3 Å². The van der Waals surface area contributed by atoms with Crippen LogP contribution in [0.5, 0.6) is 0 Å². The highest BCUT2D eigenvalue weighted by atomic mass is 16.1. The molecule has 0 aliphatic heterocycles. The zero-order valence-corrected chi connectivity index (χ0v) is 15.0. The number of benzene rings is 1. The van der Waals surface area contributed by atoms with Crippen molar-refractivity contribution in [3.8, 4) is 11.4 Å². The minimum Gasteiger partial charge on any atom is -0.365 e. The Morgan fingerprint density at radius 1 is 1.20 bits per heavy atom. The van der Waals surface area contributed by atoms with Gasteiger partial charge in [0.1, 0.15) is 11.5 Å². The van der Waals surface area contributed by atoms with E-state index in [1.54, 1.807) is 0 Å². The quantitative estimate of drug-likeness (QED) is 0.668. The fraction of sp³-hybridized carbons (Fsp3) is 0.316. The first-order chi connectivity index (χ1) is 12.0. The molecule has 6 nitrogen and oxygen atoms in total. The molecular weight excluding hydrogens is 314 g/mol. The lowest BCUT2D eigenvalue weighted by molar-refractivity contribution is -0.118. The average molecular weight is 337 g/mol. The van der Waals surface area contributed by atoms with Gasteiger partial charge in [-0.05, 0) is 26.3 Å².